The molecule has 0 aromatic heterocycles. The van der Waals surface area contributed by atoms with Crippen LogP contribution in [0.2, 0.25) is 10.0 Å². The Kier molecular flexibility index (Phi) is 5.64. The van der Waals surface area contributed by atoms with E-state index in [9.17, 15) is 8.78 Å². The topological polar surface area (TPSA) is 21.3 Å². The lowest BCUT2D eigenvalue weighted by Gasteiger charge is -2.14. The molecule has 0 spiro atoms. The second-order valence-corrected chi connectivity index (χ2v) is 6.39. The van der Waals surface area contributed by atoms with Crippen LogP contribution in [0.3, 0.4) is 0 Å². The molecule has 2 nitrogen and oxygen atoms in total. The van der Waals surface area contributed by atoms with Crippen LogP contribution in [0.15, 0.2) is 54.6 Å². The lowest BCUT2D eigenvalue weighted by molar-refractivity contribution is 0.415. The number of nitrogens with one attached hydrogen (secondary N) is 1. The van der Waals surface area contributed by atoms with Crippen molar-refractivity contribution < 1.29 is 13.5 Å². The molecule has 0 heterocycles. The van der Waals surface area contributed by atoms with Gasteiger partial charge in [0.2, 0.25) is 0 Å². The van der Waals surface area contributed by atoms with Gasteiger partial charge in [-0.15, -0.1) is 0 Å². The minimum absolute atomic E-state index is 0.154. The van der Waals surface area contributed by atoms with Gasteiger partial charge in [0, 0.05) is 12.1 Å². The number of anilines is 1. The Morgan fingerprint density at radius 2 is 1.73 bits per heavy atom. The maximum absolute atomic E-state index is 14.2. The maximum atomic E-state index is 14.2. The summed E-state index contributed by atoms with van der Waals surface area (Å²) in [6.07, 6.45) is 0. The fraction of sp³-hybridized carbons (Fsp3) is 0.100. The highest BCUT2D eigenvalue weighted by molar-refractivity contribution is 6.40. The Labute approximate surface area is 160 Å². The SMILES string of the molecule is COc1ccc(Cl)c(NCc2cc(-c3cccc(F)c3)ccc2F)c1Cl. The molecule has 3 aromatic rings. The van der Waals surface area contributed by atoms with E-state index in [4.69, 9.17) is 27.9 Å². The zero-order chi connectivity index (χ0) is 18.7. The van der Waals surface area contributed by atoms with E-state index in [-0.39, 0.29) is 18.2 Å². The lowest BCUT2D eigenvalue weighted by atomic mass is 10.0. The van der Waals surface area contributed by atoms with Crippen LogP contribution in [-0.4, -0.2) is 7.11 Å². The molecule has 0 fully saturated rings. The molecule has 3 rings (SSSR count). The summed E-state index contributed by atoms with van der Waals surface area (Å²) in [5.41, 5.74) is 2.25. The molecule has 3 aromatic carbocycles. The Balaban J connectivity index is 1.88. The highest BCUT2D eigenvalue weighted by atomic mass is 35.5. The van der Waals surface area contributed by atoms with Crippen molar-refractivity contribution in [1.29, 1.82) is 0 Å². The van der Waals surface area contributed by atoms with Gasteiger partial charge in [-0.05, 0) is 47.5 Å². The molecule has 0 amide bonds. The third-order valence-electron chi connectivity index (χ3n) is 3.93. The first-order valence-electron chi connectivity index (χ1n) is 7.80. The number of rotatable bonds is 5. The summed E-state index contributed by atoms with van der Waals surface area (Å²) in [5, 5.41) is 3.77. The zero-order valence-electron chi connectivity index (χ0n) is 13.8. The van der Waals surface area contributed by atoms with Gasteiger partial charge in [0.05, 0.1) is 17.8 Å². The molecule has 0 aliphatic carbocycles. The van der Waals surface area contributed by atoms with Gasteiger partial charge in [-0.2, -0.15) is 0 Å². The van der Waals surface area contributed by atoms with Crippen LogP contribution < -0.4 is 10.1 Å². The molecule has 0 saturated heterocycles. The summed E-state index contributed by atoms with van der Waals surface area (Å²) in [5.74, 6) is -0.262. The van der Waals surface area contributed by atoms with Crippen molar-refractivity contribution in [3.05, 3.63) is 81.8 Å². The van der Waals surface area contributed by atoms with Crippen LogP contribution in [0, 0.1) is 11.6 Å². The summed E-state index contributed by atoms with van der Waals surface area (Å²) in [6, 6.07) is 14.1. The first kappa shape index (κ1) is 18.5. The van der Waals surface area contributed by atoms with E-state index in [1.54, 1.807) is 36.4 Å². The number of ether oxygens (including phenoxy) is 1. The van der Waals surface area contributed by atoms with Crippen LogP contribution >= 0.6 is 23.2 Å². The standard InChI is InChI=1S/C20H15Cl2F2NO/c1-26-18-8-6-16(21)20(19(18)22)25-11-14-9-13(5-7-17(14)24)12-3-2-4-15(23)10-12/h2-10,25H,11H2,1H3. The molecule has 134 valence electrons. The zero-order valence-corrected chi connectivity index (χ0v) is 15.3. The van der Waals surface area contributed by atoms with Gasteiger partial charge in [-0.3, -0.25) is 0 Å². The quantitative estimate of drug-likeness (QED) is 0.529. The summed E-state index contributed by atoms with van der Waals surface area (Å²) in [4.78, 5) is 0. The van der Waals surface area contributed by atoms with Gasteiger partial charge >= 0.3 is 0 Å². The van der Waals surface area contributed by atoms with Gasteiger partial charge in [-0.25, -0.2) is 8.78 Å². The number of methoxy groups -OCH3 is 1. The fourth-order valence-corrected chi connectivity index (χ4v) is 3.18. The van der Waals surface area contributed by atoms with E-state index >= 15 is 0 Å². The Morgan fingerprint density at radius 1 is 0.962 bits per heavy atom. The normalized spacial score (nSPS) is 10.7. The number of hydrogen-bond acceptors (Lipinski definition) is 2. The van der Waals surface area contributed by atoms with E-state index in [0.29, 0.717) is 38.2 Å². The Hall–Kier alpha value is -2.30. The molecule has 0 radical (unpaired) electrons. The van der Waals surface area contributed by atoms with Crippen molar-refractivity contribution in [1.82, 2.24) is 0 Å². The molecule has 1 N–H and O–H groups in total. The maximum Gasteiger partial charge on any atom is 0.139 e. The average Bonchev–Trinajstić information content (AvgIpc) is 2.63. The molecule has 0 bridgehead atoms. The van der Waals surface area contributed by atoms with Crippen molar-refractivity contribution in [2.45, 2.75) is 6.54 Å². The van der Waals surface area contributed by atoms with E-state index in [1.165, 1.54) is 25.3 Å². The number of hydrogen-bond donors (Lipinski definition) is 1. The van der Waals surface area contributed by atoms with E-state index < -0.39 is 0 Å². The highest BCUT2D eigenvalue weighted by Crippen LogP contribution is 2.38. The first-order valence-corrected chi connectivity index (χ1v) is 8.55. The van der Waals surface area contributed by atoms with Crippen LogP contribution in [0.1, 0.15) is 5.56 Å². The molecule has 26 heavy (non-hydrogen) atoms. The predicted octanol–water partition coefficient (Wildman–Crippen LogP) is 6.56. The molecule has 0 atom stereocenters. The Morgan fingerprint density at radius 3 is 2.46 bits per heavy atom. The van der Waals surface area contributed by atoms with E-state index in [1.807, 2.05) is 0 Å². The molecule has 0 aliphatic rings. The predicted molar refractivity (Wildman–Crippen MR) is 102 cm³/mol. The highest BCUT2D eigenvalue weighted by Gasteiger charge is 2.12. The first-order chi connectivity index (χ1) is 12.5. The molecule has 0 unspecified atom stereocenters. The van der Waals surface area contributed by atoms with E-state index in [0.717, 1.165) is 0 Å². The summed E-state index contributed by atoms with van der Waals surface area (Å²) in [6.45, 7) is 0.154. The molecule has 0 aliphatic heterocycles. The summed E-state index contributed by atoms with van der Waals surface area (Å²) >= 11 is 12.4. The molecule has 0 saturated carbocycles. The molecule has 6 heteroatoms. The van der Waals surface area contributed by atoms with Crippen molar-refractivity contribution >= 4 is 28.9 Å². The fourth-order valence-electron chi connectivity index (χ4n) is 2.59. The van der Waals surface area contributed by atoms with Gasteiger partial charge in [0.25, 0.3) is 0 Å². The second-order valence-electron chi connectivity index (χ2n) is 5.61. The van der Waals surface area contributed by atoms with Crippen molar-refractivity contribution in [2.24, 2.45) is 0 Å². The summed E-state index contributed by atoms with van der Waals surface area (Å²) in [7, 11) is 1.50. The van der Waals surface area contributed by atoms with Gasteiger partial charge < -0.3 is 10.1 Å². The van der Waals surface area contributed by atoms with Crippen molar-refractivity contribution in [3.63, 3.8) is 0 Å². The minimum atomic E-state index is -0.382. The van der Waals surface area contributed by atoms with Crippen LogP contribution in [0.5, 0.6) is 5.75 Å². The van der Waals surface area contributed by atoms with Crippen molar-refractivity contribution in [3.8, 4) is 16.9 Å². The second kappa shape index (κ2) is 7.94. The monoisotopic (exact) mass is 393 g/mol. The van der Waals surface area contributed by atoms with Crippen LogP contribution in [0.4, 0.5) is 14.5 Å². The average molecular weight is 394 g/mol. The molecular weight excluding hydrogens is 379 g/mol. The number of halogens is 4. The van der Waals surface area contributed by atoms with Crippen LogP contribution in [-0.2, 0) is 6.54 Å². The third-order valence-corrected chi connectivity index (χ3v) is 4.63. The third kappa shape index (κ3) is 3.92. The van der Waals surface area contributed by atoms with Crippen LogP contribution in [0.25, 0.3) is 11.1 Å². The Bertz CT molecular complexity index is 947. The van der Waals surface area contributed by atoms with E-state index in [2.05, 4.69) is 5.32 Å². The summed E-state index contributed by atoms with van der Waals surface area (Å²) < 4.78 is 32.8. The van der Waals surface area contributed by atoms with Gasteiger partial charge in [0.15, 0.2) is 0 Å². The molecular formula is C20H15Cl2F2NO. The number of benzene rings is 3. The van der Waals surface area contributed by atoms with Crippen molar-refractivity contribution in [2.75, 3.05) is 12.4 Å². The van der Waals surface area contributed by atoms with Gasteiger partial charge in [-0.1, -0.05) is 41.4 Å². The lowest BCUT2D eigenvalue weighted by Crippen LogP contribution is -2.04. The van der Waals surface area contributed by atoms with Gasteiger partial charge in [0.1, 0.15) is 22.4 Å². The minimum Gasteiger partial charge on any atom is -0.495 e. The largest absolute Gasteiger partial charge is 0.495 e. The smallest absolute Gasteiger partial charge is 0.139 e.